The molecule has 0 rings (SSSR count). The Bertz CT molecular complexity index is 557. The van der Waals surface area contributed by atoms with Crippen LogP contribution in [0, 0.1) is 5.41 Å². The predicted octanol–water partition coefficient (Wildman–Crippen LogP) is 11.3. The van der Waals surface area contributed by atoms with Crippen LogP contribution in [0.1, 0.15) is 186 Å². The van der Waals surface area contributed by atoms with Crippen molar-refractivity contribution in [1.82, 2.24) is 9.80 Å². The van der Waals surface area contributed by atoms with Gasteiger partial charge in [-0.3, -0.25) is 9.80 Å². The monoisotopic (exact) mass is 523 g/mol. The quantitative estimate of drug-likeness (QED) is 0.123. The Labute approximate surface area is 237 Å². The van der Waals surface area contributed by atoms with E-state index in [0.717, 1.165) is 0 Å². The fraction of sp³-hybridized carbons (Fsp3) is 1.00. The Hall–Kier alpha value is -0.0800. The summed E-state index contributed by atoms with van der Waals surface area (Å²) in [7, 11) is 0. The molecule has 0 aliphatic carbocycles. The molecule has 5 unspecified atom stereocenters. The minimum atomic E-state index is 0.213. The number of nitrogens with zero attached hydrogens (tertiary/aromatic N) is 2. The average Bonchev–Trinajstić information content (AvgIpc) is 2.83. The van der Waals surface area contributed by atoms with Crippen LogP contribution in [-0.4, -0.2) is 45.5 Å². The number of unbranched alkanes of at least 4 members (excludes halogenated alkanes) is 4. The summed E-state index contributed by atoms with van der Waals surface area (Å²) in [5.41, 5.74) is 0.791. The molecule has 0 aliphatic rings. The molecule has 0 radical (unpaired) electrons. The third kappa shape index (κ3) is 11.5. The van der Waals surface area contributed by atoms with Crippen LogP contribution in [0.4, 0.5) is 0 Å². The number of hydrogen-bond donors (Lipinski definition) is 0. The van der Waals surface area contributed by atoms with Gasteiger partial charge in [0.25, 0.3) is 0 Å². The first-order valence-electron chi connectivity index (χ1n) is 16.9. The van der Waals surface area contributed by atoms with E-state index < -0.39 is 0 Å². The Morgan fingerprint density at radius 2 is 1.03 bits per heavy atom. The van der Waals surface area contributed by atoms with Gasteiger partial charge in [-0.2, -0.15) is 0 Å². The minimum absolute atomic E-state index is 0.213. The summed E-state index contributed by atoms with van der Waals surface area (Å²) in [6.07, 6.45) is 19.7. The zero-order valence-electron chi connectivity index (χ0n) is 28.4. The van der Waals surface area contributed by atoms with Gasteiger partial charge in [0.05, 0.1) is 0 Å². The second kappa shape index (κ2) is 18.3. The van der Waals surface area contributed by atoms with Gasteiger partial charge in [-0.05, 0) is 78.6 Å². The maximum absolute atomic E-state index is 3.00. The van der Waals surface area contributed by atoms with Gasteiger partial charge >= 0.3 is 0 Å². The first kappa shape index (κ1) is 36.9. The molecule has 0 N–H and O–H groups in total. The lowest BCUT2D eigenvalue weighted by Crippen LogP contribution is -2.62. The van der Waals surface area contributed by atoms with Gasteiger partial charge in [-0.15, -0.1) is 0 Å². The van der Waals surface area contributed by atoms with E-state index >= 15 is 0 Å². The highest BCUT2D eigenvalue weighted by molar-refractivity contribution is 4.99. The molecule has 0 aromatic carbocycles. The Kier molecular flexibility index (Phi) is 18.3. The molecule has 0 saturated heterocycles. The lowest BCUT2D eigenvalue weighted by molar-refractivity contribution is -0.0653. The number of rotatable bonds is 23. The van der Waals surface area contributed by atoms with Gasteiger partial charge in [0.15, 0.2) is 0 Å². The number of hydrogen-bond acceptors (Lipinski definition) is 2. The summed E-state index contributed by atoms with van der Waals surface area (Å²) >= 11 is 0. The molecule has 0 aromatic heterocycles. The molecular weight excluding hydrogens is 448 g/mol. The standard InChI is InChI=1S/C35H74N2/c1-14-20-22-27-34(12,25-17-4)36(31(8)24-16-3)29-33(10,11)32(9)37(30(7)19-6)35(13,26-18-5)28-23-21-15-2/h30-32H,14-29H2,1-13H3. The Morgan fingerprint density at radius 1 is 0.541 bits per heavy atom. The fourth-order valence-corrected chi connectivity index (χ4v) is 7.36. The maximum Gasteiger partial charge on any atom is 0.0187 e. The molecule has 0 amide bonds. The third-order valence-electron chi connectivity index (χ3n) is 9.96. The van der Waals surface area contributed by atoms with Crippen LogP contribution in [0.5, 0.6) is 0 Å². The molecule has 5 atom stereocenters. The molecule has 0 saturated carbocycles. The lowest BCUT2D eigenvalue weighted by Gasteiger charge is -2.56. The second-order valence-corrected chi connectivity index (χ2v) is 14.0. The minimum Gasteiger partial charge on any atom is -0.295 e. The zero-order chi connectivity index (χ0) is 28.7. The van der Waals surface area contributed by atoms with E-state index in [9.17, 15) is 0 Å². The highest BCUT2D eigenvalue weighted by Crippen LogP contribution is 2.41. The van der Waals surface area contributed by atoms with Gasteiger partial charge in [0.1, 0.15) is 0 Å². The van der Waals surface area contributed by atoms with E-state index in [-0.39, 0.29) is 11.0 Å². The smallest absolute Gasteiger partial charge is 0.0187 e. The highest BCUT2D eigenvalue weighted by Gasteiger charge is 2.45. The predicted molar refractivity (Wildman–Crippen MR) is 171 cm³/mol. The molecule has 0 fully saturated rings. The van der Waals surface area contributed by atoms with Gasteiger partial charge in [-0.1, -0.05) is 113 Å². The highest BCUT2D eigenvalue weighted by atomic mass is 15.3. The largest absolute Gasteiger partial charge is 0.295 e. The van der Waals surface area contributed by atoms with Crippen molar-refractivity contribution >= 4 is 0 Å². The van der Waals surface area contributed by atoms with Crippen LogP contribution in [0.15, 0.2) is 0 Å². The second-order valence-electron chi connectivity index (χ2n) is 14.0. The van der Waals surface area contributed by atoms with Crippen molar-refractivity contribution in [3.05, 3.63) is 0 Å². The van der Waals surface area contributed by atoms with E-state index in [0.29, 0.717) is 23.7 Å². The van der Waals surface area contributed by atoms with Gasteiger partial charge < -0.3 is 0 Å². The first-order chi connectivity index (χ1) is 17.3. The topological polar surface area (TPSA) is 6.48 Å². The van der Waals surface area contributed by atoms with Gasteiger partial charge in [0.2, 0.25) is 0 Å². The normalized spacial score (nSPS) is 18.6. The van der Waals surface area contributed by atoms with Crippen LogP contribution < -0.4 is 0 Å². The Balaban J connectivity index is 6.36. The summed E-state index contributed by atoms with van der Waals surface area (Å²) in [5.74, 6) is 0. The van der Waals surface area contributed by atoms with Crippen LogP contribution in [0.3, 0.4) is 0 Å². The zero-order valence-corrected chi connectivity index (χ0v) is 28.4. The van der Waals surface area contributed by atoms with E-state index in [1.807, 2.05) is 0 Å². The molecule has 0 spiro atoms. The summed E-state index contributed by atoms with van der Waals surface area (Å²) in [6, 6.07) is 1.79. The van der Waals surface area contributed by atoms with Crippen molar-refractivity contribution in [3.8, 4) is 0 Å². The van der Waals surface area contributed by atoms with Crippen molar-refractivity contribution in [1.29, 1.82) is 0 Å². The third-order valence-corrected chi connectivity index (χ3v) is 9.96. The average molecular weight is 523 g/mol. The van der Waals surface area contributed by atoms with Crippen molar-refractivity contribution in [2.24, 2.45) is 5.41 Å². The SMILES string of the molecule is CCCCCC(C)(CCC)N(CC(C)(C)C(C)N(C(C)CC)C(C)(CCC)CCCCC)C(C)CCC. The molecular formula is C35H74N2. The lowest BCUT2D eigenvalue weighted by atomic mass is 9.76. The van der Waals surface area contributed by atoms with Crippen LogP contribution in [-0.2, 0) is 0 Å². The van der Waals surface area contributed by atoms with Crippen LogP contribution in [0.25, 0.3) is 0 Å². The van der Waals surface area contributed by atoms with Crippen molar-refractivity contribution in [2.75, 3.05) is 6.54 Å². The van der Waals surface area contributed by atoms with Crippen molar-refractivity contribution in [3.63, 3.8) is 0 Å². The van der Waals surface area contributed by atoms with Gasteiger partial charge in [0, 0.05) is 35.7 Å². The molecule has 2 heteroatoms. The molecule has 0 heterocycles. The molecule has 2 nitrogen and oxygen atoms in total. The molecule has 37 heavy (non-hydrogen) atoms. The summed E-state index contributed by atoms with van der Waals surface area (Å²) in [5, 5.41) is 0. The Morgan fingerprint density at radius 3 is 1.46 bits per heavy atom. The van der Waals surface area contributed by atoms with E-state index in [1.165, 1.54) is 103 Å². The van der Waals surface area contributed by atoms with E-state index in [4.69, 9.17) is 0 Å². The maximum atomic E-state index is 3.00. The van der Waals surface area contributed by atoms with Crippen molar-refractivity contribution in [2.45, 2.75) is 216 Å². The summed E-state index contributed by atoms with van der Waals surface area (Å²) < 4.78 is 0. The van der Waals surface area contributed by atoms with Crippen LogP contribution in [0.2, 0.25) is 0 Å². The van der Waals surface area contributed by atoms with Gasteiger partial charge in [-0.25, -0.2) is 0 Å². The van der Waals surface area contributed by atoms with E-state index in [2.05, 4.69) is 99.8 Å². The fourth-order valence-electron chi connectivity index (χ4n) is 7.36. The summed E-state index contributed by atoms with van der Waals surface area (Å²) in [6.45, 7) is 33.4. The molecule has 0 aliphatic heterocycles. The first-order valence-corrected chi connectivity index (χ1v) is 16.9. The van der Waals surface area contributed by atoms with Crippen LogP contribution >= 0.6 is 0 Å². The van der Waals surface area contributed by atoms with Crippen molar-refractivity contribution < 1.29 is 0 Å². The summed E-state index contributed by atoms with van der Waals surface area (Å²) in [4.78, 5) is 6.00. The van der Waals surface area contributed by atoms with E-state index in [1.54, 1.807) is 0 Å². The molecule has 0 bridgehead atoms. The molecule has 0 aromatic rings. The molecule has 224 valence electrons.